The zero-order valence-electron chi connectivity index (χ0n) is 17.6. The summed E-state index contributed by atoms with van der Waals surface area (Å²) in [4.78, 5) is 13.0. The van der Waals surface area contributed by atoms with Gasteiger partial charge in [0.25, 0.3) is 0 Å². The predicted octanol–water partition coefficient (Wildman–Crippen LogP) is 2.76. The van der Waals surface area contributed by atoms with Crippen molar-refractivity contribution in [2.45, 2.75) is 55.9 Å². The Morgan fingerprint density at radius 2 is 2.26 bits per heavy atom. The van der Waals surface area contributed by atoms with E-state index in [-0.39, 0.29) is 4.90 Å². The van der Waals surface area contributed by atoms with Crippen molar-refractivity contribution in [2.24, 2.45) is 9.50 Å². The number of amides is 2. The lowest BCUT2D eigenvalue weighted by molar-refractivity contribution is 0.179. The third kappa shape index (κ3) is 3.62. The second-order valence-corrected chi connectivity index (χ2v) is 10.1. The van der Waals surface area contributed by atoms with Crippen LogP contribution in [0.5, 0.6) is 5.88 Å². The van der Waals surface area contributed by atoms with Gasteiger partial charge in [-0.3, -0.25) is 0 Å². The molecule has 0 spiro atoms. The Kier molecular flexibility index (Phi) is 5.23. The minimum Gasteiger partial charge on any atom is -0.477 e. The standard InChI is InChI=1S/C21H27N5O4S/c1-29-12-14-6-7-16-17(14)10-13-4-2-5-15(13)19(16)24-21(27)25-31(22,28)18-11-23-26-8-3-9-30-20(18)26/h10-11,14H,2-9,12H2,1H3,(H3,22,24,25,27,28)/t14-,31-/m0/s1. The van der Waals surface area contributed by atoms with Gasteiger partial charge in [-0.05, 0) is 54.4 Å². The molecule has 0 saturated heterocycles. The Hall–Kier alpha value is -2.43. The molecule has 1 aromatic carbocycles. The molecule has 2 atom stereocenters. The monoisotopic (exact) mass is 445 g/mol. The molecule has 0 saturated carbocycles. The molecule has 2 aliphatic carbocycles. The Labute approximate surface area is 181 Å². The molecule has 0 fully saturated rings. The van der Waals surface area contributed by atoms with Crippen molar-refractivity contribution in [2.75, 3.05) is 25.6 Å². The lowest BCUT2D eigenvalue weighted by Crippen LogP contribution is -2.21. The van der Waals surface area contributed by atoms with Gasteiger partial charge in [-0.15, -0.1) is 4.36 Å². The normalized spacial score (nSPS) is 20.9. The minimum atomic E-state index is -3.49. The third-order valence-corrected chi connectivity index (χ3v) is 7.72. The highest BCUT2D eigenvalue weighted by molar-refractivity contribution is 7.91. The maximum Gasteiger partial charge on any atom is 0.354 e. The Morgan fingerprint density at radius 3 is 3.10 bits per heavy atom. The van der Waals surface area contributed by atoms with Crippen molar-refractivity contribution in [3.8, 4) is 5.88 Å². The Balaban J connectivity index is 1.48. The van der Waals surface area contributed by atoms with Crippen molar-refractivity contribution in [3.63, 3.8) is 0 Å². The highest BCUT2D eigenvalue weighted by Gasteiger charge is 2.31. The topological polar surface area (TPSA) is 121 Å². The fourth-order valence-corrected chi connectivity index (χ4v) is 6.00. The van der Waals surface area contributed by atoms with E-state index < -0.39 is 15.9 Å². The van der Waals surface area contributed by atoms with Crippen molar-refractivity contribution in [1.82, 2.24) is 9.78 Å². The number of aryl methyl sites for hydroxylation is 2. The molecule has 3 N–H and O–H groups in total. The first-order valence-electron chi connectivity index (χ1n) is 10.7. The summed E-state index contributed by atoms with van der Waals surface area (Å²) in [5, 5.41) is 13.1. The number of fused-ring (bicyclic) bond motifs is 3. The van der Waals surface area contributed by atoms with Crippen molar-refractivity contribution in [3.05, 3.63) is 34.5 Å². The van der Waals surface area contributed by atoms with Gasteiger partial charge in [-0.25, -0.2) is 18.8 Å². The molecule has 166 valence electrons. The van der Waals surface area contributed by atoms with E-state index in [1.54, 1.807) is 11.8 Å². The van der Waals surface area contributed by atoms with Crippen LogP contribution in [0.2, 0.25) is 0 Å². The number of aromatic nitrogens is 2. The molecule has 31 heavy (non-hydrogen) atoms. The van der Waals surface area contributed by atoms with Gasteiger partial charge in [0.05, 0.1) is 19.4 Å². The molecule has 2 amide bonds. The zero-order chi connectivity index (χ0) is 21.6. The van der Waals surface area contributed by atoms with Crippen molar-refractivity contribution >= 4 is 21.6 Å². The number of carbonyl (C=O) groups is 1. The molecule has 0 bridgehead atoms. The number of rotatable bonds is 4. The van der Waals surface area contributed by atoms with E-state index in [1.165, 1.54) is 17.3 Å². The highest BCUT2D eigenvalue weighted by Crippen LogP contribution is 2.43. The van der Waals surface area contributed by atoms with Crippen LogP contribution < -0.4 is 15.2 Å². The summed E-state index contributed by atoms with van der Waals surface area (Å²) in [5.41, 5.74) is 5.63. The summed E-state index contributed by atoms with van der Waals surface area (Å²) in [5.74, 6) is 0.660. The summed E-state index contributed by atoms with van der Waals surface area (Å²) < 4.78 is 29.6. The van der Waals surface area contributed by atoms with Gasteiger partial charge in [0.15, 0.2) is 9.92 Å². The van der Waals surface area contributed by atoms with Crippen LogP contribution in [-0.4, -0.2) is 40.3 Å². The molecule has 9 nitrogen and oxygen atoms in total. The van der Waals surface area contributed by atoms with Crippen LogP contribution in [0.3, 0.4) is 0 Å². The van der Waals surface area contributed by atoms with Gasteiger partial charge in [0.2, 0.25) is 5.88 Å². The number of carbonyl (C=O) groups excluding carboxylic acids is 1. The van der Waals surface area contributed by atoms with Crippen LogP contribution in [0.15, 0.2) is 21.5 Å². The van der Waals surface area contributed by atoms with Crippen LogP contribution in [0.4, 0.5) is 10.5 Å². The van der Waals surface area contributed by atoms with E-state index in [0.29, 0.717) is 31.6 Å². The van der Waals surface area contributed by atoms with E-state index in [0.717, 1.165) is 55.3 Å². The lowest BCUT2D eigenvalue weighted by atomic mass is 9.95. The average Bonchev–Trinajstić information content (AvgIpc) is 3.46. The van der Waals surface area contributed by atoms with E-state index in [4.69, 9.17) is 14.6 Å². The number of benzene rings is 1. The van der Waals surface area contributed by atoms with Crippen LogP contribution >= 0.6 is 0 Å². The molecule has 0 radical (unpaired) electrons. The first-order valence-corrected chi connectivity index (χ1v) is 12.3. The Morgan fingerprint density at radius 1 is 1.39 bits per heavy atom. The second kappa shape index (κ2) is 7.92. The maximum atomic E-state index is 13.1. The molecule has 2 aromatic rings. The molecule has 1 aliphatic heterocycles. The first kappa shape index (κ1) is 20.5. The van der Waals surface area contributed by atoms with E-state index in [2.05, 4.69) is 20.8 Å². The maximum absolute atomic E-state index is 13.1. The quantitative estimate of drug-likeness (QED) is 0.750. The van der Waals surface area contributed by atoms with Gasteiger partial charge in [0.1, 0.15) is 4.90 Å². The van der Waals surface area contributed by atoms with Gasteiger partial charge in [-0.2, -0.15) is 5.10 Å². The predicted molar refractivity (Wildman–Crippen MR) is 116 cm³/mol. The van der Waals surface area contributed by atoms with E-state index in [1.807, 2.05) is 0 Å². The summed E-state index contributed by atoms with van der Waals surface area (Å²) in [7, 11) is -1.78. The van der Waals surface area contributed by atoms with Crippen LogP contribution in [0.1, 0.15) is 47.4 Å². The number of hydrogen-bond donors (Lipinski definition) is 2. The molecule has 1 aromatic heterocycles. The van der Waals surface area contributed by atoms with Gasteiger partial charge in [0, 0.05) is 31.7 Å². The van der Waals surface area contributed by atoms with Crippen molar-refractivity contribution < 1.29 is 18.5 Å². The fraction of sp³-hybridized carbons (Fsp3) is 0.524. The van der Waals surface area contributed by atoms with Crippen LogP contribution in [0.25, 0.3) is 0 Å². The number of urea groups is 1. The summed E-state index contributed by atoms with van der Waals surface area (Å²) in [6.07, 6.45) is 7.01. The lowest BCUT2D eigenvalue weighted by Gasteiger charge is -2.17. The third-order valence-electron chi connectivity index (χ3n) is 6.37. The minimum absolute atomic E-state index is 0.158. The average molecular weight is 446 g/mol. The number of nitrogens with one attached hydrogen (secondary N) is 1. The molecule has 2 heterocycles. The van der Waals surface area contributed by atoms with Gasteiger partial charge >= 0.3 is 6.03 Å². The molecule has 10 heteroatoms. The first-order chi connectivity index (χ1) is 15.0. The number of methoxy groups -OCH3 is 1. The summed E-state index contributed by atoms with van der Waals surface area (Å²) in [6, 6.07) is 1.57. The van der Waals surface area contributed by atoms with Crippen LogP contribution in [-0.2, 0) is 40.5 Å². The smallest absolute Gasteiger partial charge is 0.354 e. The van der Waals surface area contributed by atoms with E-state index >= 15 is 0 Å². The highest BCUT2D eigenvalue weighted by atomic mass is 32.2. The molecule has 0 unspecified atom stereocenters. The summed E-state index contributed by atoms with van der Waals surface area (Å²) in [6.45, 7) is 1.81. The molecule has 3 aliphatic rings. The fourth-order valence-electron chi connectivity index (χ4n) is 4.99. The number of nitrogens with zero attached hydrogens (tertiary/aromatic N) is 3. The largest absolute Gasteiger partial charge is 0.477 e. The molecular weight excluding hydrogens is 418 g/mol. The van der Waals surface area contributed by atoms with Crippen molar-refractivity contribution in [1.29, 1.82) is 0 Å². The zero-order valence-corrected chi connectivity index (χ0v) is 18.4. The van der Waals surface area contributed by atoms with Crippen LogP contribution in [0, 0.1) is 0 Å². The number of anilines is 1. The number of hydrogen-bond acceptors (Lipinski definition) is 5. The van der Waals surface area contributed by atoms with Gasteiger partial charge < -0.3 is 14.8 Å². The van der Waals surface area contributed by atoms with E-state index in [9.17, 15) is 9.00 Å². The second-order valence-electron chi connectivity index (χ2n) is 8.33. The SMILES string of the molecule is COC[C@@H]1CCc2c1cc1c(c2NC(=O)N=[S@](N)(=O)c2cnn3c2OCCC3)CCC1. The summed E-state index contributed by atoms with van der Waals surface area (Å²) >= 11 is 0. The molecule has 5 rings (SSSR count). The number of ether oxygens (including phenoxy) is 2. The Bertz CT molecular complexity index is 1170. The van der Waals surface area contributed by atoms with Gasteiger partial charge in [-0.1, -0.05) is 6.07 Å². The number of nitrogens with two attached hydrogens (primary N) is 1. The molecular formula is C21H27N5O4S.